The van der Waals surface area contributed by atoms with E-state index >= 15 is 0 Å². The third kappa shape index (κ3) is 2.81. The Morgan fingerprint density at radius 2 is 1.74 bits per heavy atom. The SMILES string of the molecule is CCOC1(O[Si](C)(C)C(C)(C)C)Cc2ccc3c(c21)CCCC3. The van der Waals surface area contributed by atoms with Crippen LogP contribution >= 0.6 is 0 Å². The predicted molar refractivity (Wildman–Crippen MR) is 98.4 cm³/mol. The molecule has 0 heterocycles. The average molecular weight is 333 g/mol. The minimum Gasteiger partial charge on any atom is -0.386 e. The molecule has 128 valence electrons. The first-order valence-corrected chi connectivity index (χ1v) is 12.1. The number of aryl methyl sites for hydroxylation is 1. The first kappa shape index (κ1) is 17.2. The van der Waals surface area contributed by atoms with Gasteiger partial charge in [-0.3, -0.25) is 0 Å². The van der Waals surface area contributed by atoms with E-state index in [1.54, 1.807) is 0 Å². The van der Waals surface area contributed by atoms with E-state index in [0.717, 1.165) is 6.42 Å². The van der Waals surface area contributed by atoms with Crippen molar-refractivity contribution in [3.05, 3.63) is 34.4 Å². The highest BCUT2D eigenvalue weighted by atomic mass is 28.4. The van der Waals surface area contributed by atoms with Crippen molar-refractivity contribution in [1.29, 1.82) is 0 Å². The maximum Gasteiger partial charge on any atom is 0.196 e. The molecule has 0 saturated heterocycles. The molecular weight excluding hydrogens is 300 g/mol. The lowest BCUT2D eigenvalue weighted by Crippen LogP contribution is -2.55. The summed E-state index contributed by atoms with van der Waals surface area (Å²) < 4.78 is 13.2. The maximum absolute atomic E-state index is 6.88. The quantitative estimate of drug-likeness (QED) is 0.548. The van der Waals surface area contributed by atoms with Gasteiger partial charge in [0.1, 0.15) is 0 Å². The van der Waals surface area contributed by atoms with Gasteiger partial charge in [-0.25, -0.2) is 0 Å². The summed E-state index contributed by atoms with van der Waals surface area (Å²) in [6.45, 7) is 14.4. The molecule has 3 heteroatoms. The molecule has 0 fully saturated rings. The van der Waals surface area contributed by atoms with Crippen molar-refractivity contribution in [3.8, 4) is 0 Å². The average Bonchev–Trinajstić information content (AvgIpc) is 2.43. The van der Waals surface area contributed by atoms with Gasteiger partial charge in [0.15, 0.2) is 14.1 Å². The van der Waals surface area contributed by atoms with Gasteiger partial charge in [0.05, 0.1) is 0 Å². The van der Waals surface area contributed by atoms with Crippen molar-refractivity contribution in [2.75, 3.05) is 6.61 Å². The summed E-state index contributed by atoms with van der Waals surface area (Å²) in [4.78, 5) is 0. The second kappa shape index (κ2) is 5.71. The Morgan fingerprint density at radius 3 is 2.39 bits per heavy atom. The van der Waals surface area contributed by atoms with Crippen LogP contribution in [0.15, 0.2) is 12.1 Å². The van der Waals surface area contributed by atoms with Gasteiger partial charge in [-0.15, -0.1) is 0 Å². The lowest BCUT2D eigenvalue weighted by atomic mass is 9.73. The van der Waals surface area contributed by atoms with Crippen LogP contribution in [-0.4, -0.2) is 14.9 Å². The van der Waals surface area contributed by atoms with Gasteiger partial charge in [0.25, 0.3) is 0 Å². The van der Waals surface area contributed by atoms with Gasteiger partial charge in [-0.2, -0.15) is 0 Å². The van der Waals surface area contributed by atoms with Crippen molar-refractivity contribution < 1.29 is 9.16 Å². The molecule has 1 unspecified atom stereocenters. The number of ether oxygens (including phenoxy) is 1. The molecule has 0 amide bonds. The van der Waals surface area contributed by atoms with E-state index in [0.29, 0.717) is 6.61 Å². The third-order valence-corrected chi connectivity index (χ3v) is 10.5. The smallest absolute Gasteiger partial charge is 0.196 e. The fourth-order valence-corrected chi connectivity index (χ4v) is 5.13. The van der Waals surface area contributed by atoms with Crippen molar-refractivity contribution in [2.24, 2.45) is 0 Å². The monoisotopic (exact) mass is 332 g/mol. The molecule has 0 saturated carbocycles. The van der Waals surface area contributed by atoms with Gasteiger partial charge in [0, 0.05) is 18.6 Å². The number of hydrogen-bond donors (Lipinski definition) is 0. The molecule has 0 aliphatic heterocycles. The maximum atomic E-state index is 6.88. The fourth-order valence-electron chi connectivity index (χ4n) is 3.77. The minimum atomic E-state index is -1.89. The standard InChI is InChI=1S/C20H32O2Si/c1-7-21-20(22-23(5,6)19(2,3)4)14-16-13-12-15-10-8-9-11-17(15)18(16)20/h12-13H,7-11,14H2,1-6H3. The lowest BCUT2D eigenvalue weighted by Gasteiger charge is -2.51. The lowest BCUT2D eigenvalue weighted by molar-refractivity contribution is -0.213. The summed E-state index contributed by atoms with van der Waals surface area (Å²) in [6, 6.07) is 4.65. The molecule has 1 atom stereocenters. The number of rotatable bonds is 4. The topological polar surface area (TPSA) is 18.5 Å². The van der Waals surface area contributed by atoms with Gasteiger partial charge in [-0.05, 0) is 67.4 Å². The Morgan fingerprint density at radius 1 is 1.09 bits per heavy atom. The second-order valence-corrected chi connectivity index (χ2v) is 13.4. The molecule has 0 spiro atoms. The van der Waals surface area contributed by atoms with Crippen LogP contribution < -0.4 is 0 Å². The van der Waals surface area contributed by atoms with Crippen LogP contribution in [0, 0.1) is 0 Å². The highest BCUT2D eigenvalue weighted by molar-refractivity contribution is 6.74. The molecule has 0 aromatic heterocycles. The van der Waals surface area contributed by atoms with Gasteiger partial charge < -0.3 is 9.16 Å². The summed E-state index contributed by atoms with van der Waals surface area (Å²) >= 11 is 0. The number of hydrogen-bond acceptors (Lipinski definition) is 2. The Kier molecular flexibility index (Phi) is 4.27. The molecule has 0 N–H and O–H groups in total. The second-order valence-electron chi connectivity index (χ2n) is 8.67. The van der Waals surface area contributed by atoms with E-state index in [2.05, 4.69) is 52.9 Å². The highest BCUT2D eigenvalue weighted by Crippen LogP contribution is 2.51. The van der Waals surface area contributed by atoms with Crippen LogP contribution in [0.5, 0.6) is 0 Å². The largest absolute Gasteiger partial charge is 0.386 e. The first-order chi connectivity index (χ1) is 10.7. The van der Waals surface area contributed by atoms with Crippen molar-refractivity contribution in [3.63, 3.8) is 0 Å². The van der Waals surface area contributed by atoms with E-state index < -0.39 is 14.1 Å². The van der Waals surface area contributed by atoms with Crippen LogP contribution in [0.1, 0.15) is 62.8 Å². The molecular formula is C20H32O2Si. The fraction of sp³-hybridized carbons (Fsp3) is 0.700. The Bertz CT molecular complexity index is 600. The van der Waals surface area contributed by atoms with Crippen LogP contribution in [0.4, 0.5) is 0 Å². The zero-order chi connectivity index (χ0) is 16.9. The van der Waals surface area contributed by atoms with E-state index in [1.807, 2.05) is 0 Å². The van der Waals surface area contributed by atoms with Crippen LogP contribution in [0.2, 0.25) is 18.1 Å². The molecule has 1 aromatic rings. The normalized spacial score (nSPS) is 23.9. The van der Waals surface area contributed by atoms with Crippen molar-refractivity contribution in [2.45, 2.75) is 83.7 Å². The summed E-state index contributed by atoms with van der Waals surface area (Å²) in [6.07, 6.45) is 5.93. The Labute approximate surface area is 142 Å². The summed E-state index contributed by atoms with van der Waals surface area (Å²) in [5.41, 5.74) is 5.89. The number of fused-ring (bicyclic) bond motifs is 3. The molecule has 2 aliphatic carbocycles. The first-order valence-electron chi connectivity index (χ1n) is 9.18. The van der Waals surface area contributed by atoms with E-state index in [9.17, 15) is 0 Å². The van der Waals surface area contributed by atoms with Gasteiger partial charge >= 0.3 is 0 Å². The summed E-state index contributed by atoms with van der Waals surface area (Å²) in [7, 11) is -1.89. The minimum absolute atomic E-state index is 0.196. The Balaban J connectivity index is 2.02. The zero-order valence-electron chi connectivity index (χ0n) is 15.7. The molecule has 1 aromatic carbocycles. The van der Waals surface area contributed by atoms with E-state index in [4.69, 9.17) is 9.16 Å². The van der Waals surface area contributed by atoms with Crippen LogP contribution in [-0.2, 0) is 34.2 Å². The van der Waals surface area contributed by atoms with Crippen LogP contribution in [0.3, 0.4) is 0 Å². The van der Waals surface area contributed by atoms with E-state index in [1.165, 1.54) is 47.9 Å². The van der Waals surface area contributed by atoms with Gasteiger partial charge in [0.2, 0.25) is 0 Å². The molecule has 0 radical (unpaired) electrons. The molecule has 2 aliphatic rings. The van der Waals surface area contributed by atoms with Crippen LogP contribution in [0.25, 0.3) is 0 Å². The molecule has 3 rings (SSSR count). The third-order valence-electron chi connectivity index (χ3n) is 6.03. The summed E-state index contributed by atoms with van der Waals surface area (Å²) in [5.74, 6) is -0.476. The zero-order valence-corrected chi connectivity index (χ0v) is 16.7. The predicted octanol–water partition coefficient (Wildman–Crippen LogP) is 5.33. The molecule has 23 heavy (non-hydrogen) atoms. The molecule has 0 bridgehead atoms. The van der Waals surface area contributed by atoms with E-state index in [-0.39, 0.29) is 5.04 Å². The summed E-state index contributed by atoms with van der Waals surface area (Å²) in [5, 5.41) is 0.196. The molecule has 2 nitrogen and oxygen atoms in total. The Hall–Kier alpha value is -0.643. The number of benzene rings is 1. The highest BCUT2D eigenvalue weighted by Gasteiger charge is 2.53. The van der Waals surface area contributed by atoms with Crippen molar-refractivity contribution >= 4 is 8.32 Å². The van der Waals surface area contributed by atoms with Gasteiger partial charge in [-0.1, -0.05) is 32.9 Å². The van der Waals surface area contributed by atoms with Crippen molar-refractivity contribution in [1.82, 2.24) is 0 Å².